The minimum atomic E-state index is 1.15. The number of fused-ring (bicyclic) bond motifs is 12. The van der Waals surface area contributed by atoms with Gasteiger partial charge in [0.2, 0.25) is 0 Å². The largest absolute Gasteiger partial charge is 0.309 e. The van der Waals surface area contributed by atoms with E-state index < -0.39 is 0 Å². The number of rotatable bonds is 4. The lowest BCUT2D eigenvalue weighted by atomic mass is 10.0. The topological polar surface area (TPSA) is 14.8 Å². The van der Waals surface area contributed by atoms with Crippen molar-refractivity contribution in [2.24, 2.45) is 0 Å². The third-order valence-corrected chi connectivity index (χ3v) is 13.4. The average molecular weight is 756 g/mol. The summed E-state index contributed by atoms with van der Waals surface area (Å²) in [5.41, 5.74) is 13.2. The Hall–Kier alpha value is -7.40. The molecule has 58 heavy (non-hydrogen) atoms. The van der Waals surface area contributed by atoms with Gasteiger partial charge < -0.3 is 13.7 Å². The molecule has 0 atom stereocenters. The van der Waals surface area contributed by atoms with Crippen LogP contribution in [-0.2, 0) is 0 Å². The average Bonchev–Trinajstić information content (AvgIpc) is 4.02. The van der Waals surface area contributed by atoms with Crippen LogP contribution in [0.4, 0.5) is 0 Å². The Bertz CT molecular complexity index is 3800. The number of benzene rings is 9. The molecule has 9 aromatic carbocycles. The van der Waals surface area contributed by atoms with Crippen LogP contribution in [-0.4, -0.2) is 13.7 Å². The van der Waals surface area contributed by atoms with E-state index in [2.05, 4.69) is 214 Å². The number of hydrogen-bond donors (Lipinski definition) is 0. The summed E-state index contributed by atoms with van der Waals surface area (Å²) < 4.78 is 9.91. The van der Waals surface area contributed by atoms with Gasteiger partial charge in [-0.1, -0.05) is 115 Å². The van der Waals surface area contributed by atoms with Crippen LogP contribution in [0.25, 0.3) is 114 Å². The van der Waals surface area contributed by atoms with Gasteiger partial charge >= 0.3 is 0 Å². The zero-order valence-electron chi connectivity index (χ0n) is 31.3. The number of hydrogen-bond acceptors (Lipinski definition) is 1. The van der Waals surface area contributed by atoms with Crippen molar-refractivity contribution in [1.82, 2.24) is 13.7 Å². The molecule has 13 aromatic rings. The van der Waals surface area contributed by atoms with Crippen molar-refractivity contribution in [1.29, 1.82) is 0 Å². The Morgan fingerprint density at radius 2 is 0.672 bits per heavy atom. The molecule has 4 heteroatoms. The second-order valence-corrected chi connectivity index (χ2v) is 16.4. The first-order valence-corrected chi connectivity index (χ1v) is 20.7. The summed E-state index contributed by atoms with van der Waals surface area (Å²) in [6, 6.07) is 73.7. The van der Waals surface area contributed by atoms with Crippen LogP contribution in [0, 0.1) is 0 Å². The molecule has 270 valence electrons. The predicted molar refractivity (Wildman–Crippen MR) is 248 cm³/mol. The highest BCUT2D eigenvalue weighted by Gasteiger charge is 2.19. The van der Waals surface area contributed by atoms with Gasteiger partial charge in [-0.05, 0) is 96.1 Å². The molecule has 3 nitrogen and oxygen atoms in total. The lowest BCUT2D eigenvalue weighted by Crippen LogP contribution is -1.97. The van der Waals surface area contributed by atoms with Gasteiger partial charge in [-0.15, -0.1) is 11.3 Å². The van der Waals surface area contributed by atoms with Gasteiger partial charge in [0.15, 0.2) is 0 Å². The Kier molecular flexibility index (Phi) is 6.60. The zero-order chi connectivity index (χ0) is 37.9. The second-order valence-electron chi connectivity index (χ2n) is 15.3. The van der Waals surface area contributed by atoms with E-state index in [1.807, 2.05) is 11.3 Å². The van der Waals surface area contributed by atoms with Crippen LogP contribution in [0.3, 0.4) is 0 Å². The molecule has 0 bridgehead atoms. The molecule has 0 saturated carbocycles. The first-order valence-electron chi connectivity index (χ1n) is 19.8. The summed E-state index contributed by atoms with van der Waals surface area (Å²) in [6.07, 6.45) is 0. The maximum Gasteiger partial charge on any atom is 0.0561 e. The Morgan fingerprint density at radius 3 is 1.31 bits per heavy atom. The Labute approximate surface area is 337 Å². The van der Waals surface area contributed by atoms with E-state index in [0.717, 1.165) is 5.69 Å². The van der Waals surface area contributed by atoms with Crippen LogP contribution in [0.1, 0.15) is 0 Å². The van der Waals surface area contributed by atoms with Crippen LogP contribution in [0.5, 0.6) is 0 Å². The molecule has 0 aliphatic heterocycles. The van der Waals surface area contributed by atoms with E-state index in [-0.39, 0.29) is 0 Å². The molecule has 0 saturated heterocycles. The molecule has 13 rings (SSSR count). The molecule has 0 amide bonds. The molecule has 0 aliphatic rings. The van der Waals surface area contributed by atoms with Crippen LogP contribution < -0.4 is 0 Å². The monoisotopic (exact) mass is 755 g/mol. The van der Waals surface area contributed by atoms with Gasteiger partial charge in [-0.25, -0.2) is 0 Å². The molecule has 0 fully saturated rings. The maximum absolute atomic E-state index is 2.45. The standard InChI is InChI=1S/C54H33N3S/c1-2-12-36(13-3-1)55-48-19-9-5-15-40(48)45-30-34(22-28-50(45)55)35-23-29-51-46(31-35)41-16-6-10-20-49(41)56(51)37-24-26-42-39-14-4-8-18-47(39)57(52(42)32-37)38-25-27-44-43-17-7-11-21-53(43)58-54(44)33-38/h1-33H. The van der Waals surface area contributed by atoms with E-state index in [0.29, 0.717) is 0 Å². The SMILES string of the molecule is c1ccc(-n2c3ccccc3c3cc(-c4ccc5c(c4)c4ccccc4n5-c4ccc5c6ccccc6n(-c6ccc7c(c6)sc6ccccc67)c5c4)ccc32)cc1. The smallest absolute Gasteiger partial charge is 0.0561 e. The highest BCUT2D eigenvalue weighted by atomic mass is 32.1. The normalized spacial score (nSPS) is 12.1. The Balaban J connectivity index is 0.995. The fourth-order valence-electron chi connectivity index (χ4n) is 9.67. The predicted octanol–water partition coefficient (Wildman–Crippen LogP) is 15.0. The van der Waals surface area contributed by atoms with E-state index in [1.165, 1.54) is 108 Å². The fraction of sp³-hybridized carbons (Fsp3) is 0. The van der Waals surface area contributed by atoms with Crippen LogP contribution in [0.15, 0.2) is 200 Å². The summed E-state index contributed by atoms with van der Waals surface area (Å²) in [7, 11) is 0. The highest BCUT2D eigenvalue weighted by Crippen LogP contribution is 2.41. The van der Waals surface area contributed by atoms with Crippen molar-refractivity contribution in [3.05, 3.63) is 200 Å². The maximum atomic E-state index is 2.45. The lowest BCUT2D eigenvalue weighted by Gasteiger charge is -2.12. The summed E-state index contributed by atoms with van der Waals surface area (Å²) in [6.45, 7) is 0. The fourth-order valence-corrected chi connectivity index (χ4v) is 10.8. The number of aromatic nitrogens is 3. The van der Waals surface area contributed by atoms with Crippen molar-refractivity contribution in [2.45, 2.75) is 0 Å². The summed E-state index contributed by atoms with van der Waals surface area (Å²) >= 11 is 1.87. The van der Waals surface area contributed by atoms with Crippen LogP contribution in [0.2, 0.25) is 0 Å². The van der Waals surface area contributed by atoms with Crippen molar-refractivity contribution >= 4 is 96.9 Å². The first kappa shape index (κ1) is 31.8. The number of para-hydroxylation sites is 4. The minimum absolute atomic E-state index is 1.15. The highest BCUT2D eigenvalue weighted by molar-refractivity contribution is 7.25. The molecule has 0 unspecified atom stereocenters. The van der Waals surface area contributed by atoms with Crippen molar-refractivity contribution in [3.63, 3.8) is 0 Å². The third-order valence-electron chi connectivity index (χ3n) is 12.2. The van der Waals surface area contributed by atoms with Gasteiger partial charge in [0.05, 0.1) is 33.1 Å². The summed E-state index contributed by atoms with van der Waals surface area (Å²) in [4.78, 5) is 0. The minimum Gasteiger partial charge on any atom is -0.309 e. The molecular formula is C54H33N3S. The molecular weight excluding hydrogens is 723 g/mol. The number of thiophene rings is 1. The quantitative estimate of drug-likeness (QED) is 0.170. The zero-order valence-corrected chi connectivity index (χ0v) is 32.1. The van der Waals surface area contributed by atoms with E-state index >= 15 is 0 Å². The number of nitrogens with zero attached hydrogens (tertiary/aromatic N) is 3. The van der Waals surface area contributed by atoms with Crippen molar-refractivity contribution in [2.75, 3.05) is 0 Å². The van der Waals surface area contributed by atoms with Crippen molar-refractivity contribution < 1.29 is 0 Å². The summed E-state index contributed by atoms with van der Waals surface area (Å²) in [5.74, 6) is 0. The lowest BCUT2D eigenvalue weighted by molar-refractivity contribution is 1.16. The van der Waals surface area contributed by atoms with E-state index in [4.69, 9.17) is 0 Å². The molecule has 0 spiro atoms. The first-order chi connectivity index (χ1) is 28.8. The molecule has 4 heterocycles. The van der Waals surface area contributed by atoms with E-state index in [9.17, 15) is 0 Å². The van der Waals surface area contributed by atoms with Crippen LogP contribution >= 0.6 is 11.3 Å². The van der Waals surface area contributed by atoms with Gasteiger partial charge in [-0.2, -0.15) is 0 Å². The third kappa shape index (κ3) is 4.49. The van der Waals surface area contributed by atoms with E-state index in [1.54, 1.807) is 0 Å². The Morgan fingerprint density at radius 1 is 0.241 bits per heavy atom. The van der Waals surface area contributed by atoms with Gasteiger partial charge in [0.25, 0.3) is 0 Å². The molecule has 0 aliphatic carbocycles. The molecule has 0 N–H and O–H groups in total. The molecule has 0 radical (unpaired) electrons. The van der Waals surface area contributed by atoms with Crippen molar-refractivity contribution in [3.8, 4) is 28.2 Å². The van der Waals surface area contributed by atoms with Gasteiger partial charge in [-0.3, -0.25) is 0 Å². The molecule has 4 aromatic heterocycles. The second kappa shape index (κ2) is 12.1. The van der Waals surface area contributed by atoms with Gasteiger partial charge in [0.1, 0.15) is 0 Å². The summed E-state index contributed by atoms with van der Waals surface area (Å²) in [5, 5.41) is 10.2. The van der Waals surface area contributed by atoms with Gasteiger partial charge in [0, 0.05) is 69.6 Å².